The minimum Gasteiger partial charge on any atom is -0.379 e. The number of ether oxygens (including phenoxy) is 1. The van der Waals surface area contributed by atoms with Crippen LogP contribution in [0.1, 0.15) is 39.5 Å². The highest BCUT2D eigenvalue weighted by atomic mass is 16.5. The Hall–Kier alpha value is -0.610. The minimum atomic E-state index is -0.641. The second-order valence-corrected chi connectivity index (χ2v) is 5.45. The summed E-state index contributed by atoms with van der Waals surface area (Å²) in [5.74, 6) is 0.772. The van der Waals surface area contributed by atoms with Gasteiger partial charge in [0, 0.05) is 6.61 Å². The van der Waals surface area contributed by atoms with Crippen LogP contribution in [0.2, 0.25) is 0 Å². The Morgan fingerprint density at radius 2 is 2.18 bits per heavy atom. The number of nitrogens with one attached hydrogen (secondary N) is 1. The number of hydrogen-bond acceptors (Lipinski definition) is 3. The molecule has 0 aromatic rings. The fourth-order valence-electron chi connectivity index (χ4n) is 2.19. The first-order valence-corrected chi connectivity index (χ1v) is 6.59. The summed E-state index contributed by atoms with van der Waals surface area (Å²) in [5, 5.41) is 3.08. The predicted octanol–water partition coefficient (Wildman–Crippen LogP) is 1.29. The molecule has 1 aliphatic carbocycles. The Morgan fingerprint density at radius 3 is 2.59 bits per heavy atom. The van der Waals surface area contributed by atoms with E-state index in [1.54, 1.807) is 7.05 Å². The molecule has 0 bridgehead atoms. The van der Waals surface area contributed by atoms with Crippen molar-refractivity contribution in [2.45, 2.75) is 45.1 Å². The maximum absolute atomic E-state index is 11.6. The zero-order valence-electron chi connectivity index (χ0n) is 11.3. The Bertz CT molecular complexity index is 252. The van der Waals surface area contributed by atoms with Gasteiger partial charge in [0.2, 0.25) is 5.91 Å². The normalized spacial score (nSPS) is 19.3. The van der Waals surface area contributed by atoms with Crippen LogP contribution in [0.5, 0.6) is 0 Å². The van der Waals surface area contributed by atoms with Gasteiger partial charge in [-0.3, -0.25) is 4.79 Å². The summed E-state index contributed by atoms with van der Waals surface area (Å²) < 4.78 is 5.64. The van der Waals surface area contributed by atoms with Crippen LogP contribution in [0.4, 0.5) is 0 Å². The molecule has 0 heterocycles. The van der Waals surface area contributed by atoms with Crippen LogP contribution >= 0.6 is 0 Å². The third-order valence-corrected chi connectivity index (χ3v) is 3.56. The molecular weight excluding hydrogens is 216 g/mol. The van der Waals surface area contributed by atoms with Crippen LogP contribution in [-0.4, -0.2) is 31.7 Å². The molecule has 0 aromatic carbocycles. The number of carbonyl (C=O) groups excluding carboxylic acids is 1. The third-order valence-electron chi connectivity index (χ3n) is 3.56. The molecule has 1 unspecified atom stereocenters. The lowest BCUT2D eigenvalue weighted by atomic mass is 9.93. The maximum Gasteiger partial charge on any atom is 0.240 e. The standard InChI is InChI=1S/C13H26N2O2/c1-10(2)5-4-8-17-9-13(15-3,12(14)16)11-6-7-11/h10-11,15H,4-9H2,1-3H3,(H2,14,16). The fraction of sp³-hybridized carbons (Fsp3) is 0.923. The average Bonchev–Trinajstić information content (AvgIpc) is 3.07. The van der Waals surface area contributed by atoms with Crippen LogP contribution in [-0.2, 0) is 9.53 Å². The highest BCUT2D eigenvalue weighted by molar-refractivity contribution is 5.85. The molecule has 4 nitrogen and oxygen atoms in total. The first-order chi connectivity index (χ1) is 8.03. The Kier molecular flexibility index (Phi) is 5.40. The number of hydrogen-bond donors (Lipinski definition) is 2. The van der Waals surface area contributed by atoms with E-state index in [2.05, 4.69) is 19.2 Å². The van der Waals surface area contributed by atoms with E-state index < -0.39 is 5.54 Å². The number of rotatable bonds is 9. The van der Waals surface area contributed by atoms with E-state index in [1.165, 1.54) is 0 Å². The maximum atomic E-state index is 11.6. The van der Waals surface area contributed by atoms with Gasteiger partial charge < -0.3 is 15.8 Å². The van der Waals surface area contributed by atoms with E-state index in [-0.39, 0.29) is 5.91 Å². The summed E-state index contributed by atoms with van der Waals surface area (Å²) in [5.41, 5.74) is 4.86. The zero-order chi connectivity index (χ0) is 12.9. The van der Waals surface area contributed by atoms with Crippen LogP contribution in [0.15, 0.2) is 0 Å². The summed E-state index contributed by atoms with van der Waals surface area (Å²) in [6.45, 7) is 5.51. The quantitative estimate of drug-likeness (QED) is 0.599. The lowest BCUT2D eigenvalue weighted by Gasteiger charge is -2.30. The molecular formula is C13H26N2O2. The van der Waals surface area contributed by atoms with Crippen molar-refractivity contribution in [3.63, 3.8) is 0 Å². The van der Waals surface area contributed by atoms with Crippen molar-refractivity contribution < 1.29 is 9.53 Å². The van der Waals surface area contributed by atoms with E-state index in [1.807, 2.05) is 0 Å². The van der Waals surface area contributed by atoms with Gasteiger partial charge in [-0.2, -0.15) is 0 Å². The van der Waals surface area contributed by atoms with Crippen molar-refractivity contribution in [1.82, 2.24) is 5.32 Å². The molecule has 0 saturated heterocycles. The monoisotopic (exact) mass is 242 g/mol. The summed E-state index contributed by atoms with van der Waals surface area (Å²) in [4.78, 5) is 11.6. The summed E-state index contributed by atoms with van der Waals surface area (Å²) in [7, 11) is 1.79. The SMILES string of the molecule is CNC(COCCCC(C)C)(C(N)=O)C1CC1. The van der Waals surface area contributed by atoms with Crippen LogP contribution in [0.25, 0.3) is 0 Å². The van der Waals surface area contributed by atoms with E-state index in [0.29, 0.717) is 25.0 Å². The number of likely N-dealkylation sites (N-methyl/N-ethyl adjacent to an activating group) is 1. The van der Waals surface area contributed by atoms with Crippen LogP contribution in [0.3, 0.4) is 0 Å². The summed E-state index contributed by atoms with van der Waals surface area (Å²) in [6, 6.07) is 0. The minimum absolute atomic E-state index is 0.286. The highest BCUT2D eigenvalue weighted by Gasteiger charge is 2.49. The molecule has 1 fully saturated rings. The summed E-state index contributed by atoms with van der Waals surface area (Å²) >= 11 is 0. The molecule has 0 aliphatic heterocycles. The molecule has 100 valence electrons. The van der Waals surface area contributed by atoms with Crippen molar-refractivity contribution in [1.29, 1.82) is 0 Å². The molecule has 4 heteroatoms. The number of amides is 1. The van der Waals surface area contributed by atoms with Gasteiger partial charge in [0.15, 0.2) is 0 Å². The average molecular weight is 242 g/mol. The molecule has 0 spiro atoms. The molecule has 1 atom stereocenters. The zero-order valence-corrected chi connectivity index (χ0v) is 11.3. The van der Waals surface area contributed by atoms with Gasteiger partial charge in [0.1, 0.15) is 5.54 Å². The van der Waals surface area contributed by atoms with Gasteiger partial charge in [-0.1, -0.05) is 13.8 Å². The van der Waals surface area contributed by atoms with Crippen molar-refractivity contribution in [3.05, 3.63) is 0 Å². The first kappa shape index (κ1) is 14.5. The van der Waals surface area contributed by atoms with Crippen molar-refractivity contribution in [2.24, 2.45) is 17.6 Å². The van der Waals surface area contributed by atoms with E-state index >= 15 is 0 Å². The molecule has 1 aliphatic rings. The molecule has 0 radical (unpaired) electrons. The van der Waals surface area contributed by atoms with Gasteiger partial charge in [0.25, 0.3) is 0 Å². The van der Waals surface area contributed by atoms with Gasteiger partial charge in [-0.25, -0.2) is 0 Å². The number of carbonyl (C=O) groups is 1. The van der Waals surface area contributed by atoms with Crippen LogP contribution in [0, 0.1) is 11.8 Å². The van der Waals surface area contributed by atoms with E-state index in [4.69, 9.17) is 10.5 Å². The lowest BCUT2D eigenvalue weighted by Crippen LogP contribution is -2.59. The molecule has 1 rings (SSSR count). The fourth-order valence-corrected chi connectivity index (χ4v) is 2.19. The first-order valence-electron chi connectivity index (χ1n) is 6.59. The third kappa shape index (κ3) is 3.96. The highest BCUT2D eigenvalue weighted by Crippen LogP contribution is 2.39. The van der Waals surface area contributed by atoms with Gasteiger partial charge in [-0.05, 0) is 44.6 Å². The second-order valence-electron chi connectivity index (χ2n) is 5.45. The topological polar surface area (TPSA) is 64.3 Å². The number of nitrogens with two attached hydrogens (primary N) is 1. The van der Waals surface area contributed by atoms with Crippen molar-refractivity contribution >= 4 is 5.91 Å². The Labute approximate surface area is 104 Å². The summed E-state index contributed by atoms with van der Waals surface area (Å²) in [6.07, 6.45) is 4.34. The van der Waals surface area contributed by atoms with Gasteiger partial charge in [0.05, 0.1) is 6.61 Å². The molecule has 3 N–H and O–H groups in total. The second kappa shape index (κ2) is 6.36. The molecule has 1 amide bonds. The molecule has 0 aromatic heterocycles. The van der Waals surface area contributed by atoms with E-state index in [9.17, 15) is 4.79 Å². The smallest absolute Gasteiger partial charge is 0.240 e. The molecule has 17 heavy (non-hydrogen) atoms. The van der Waals surface area contributed by atoms with Crippen molar-refractivity contribution in [2.75, 3.05) is 20.3 Å². The lowest BCUT2D eigenvalue weighted by molar-refractivity contribution is -0.128. The van der Waals surface area contributed by atoms with E-state index in [0.717, 1.165) is 25.7 Å². The molecule has 1 saturated carbocycles. The van der Waals surface area contributed by atoms with Crippen molar-refractivity contribution in [3.8, 4) is 0 Å². The largest absolute Gasteiger partial charge is 0.379 e. The number of primary amides is 1. The Morgan fingerprint density at radius 1 is 1.53 bits per heavy atom. The Balaban J connectivity index is 2.32. The van der Waals surface area contributed by atoms with Gasteiger partial charge >= 0.3 is 0 Å². The predicted molar refractivity (Wildman–Crippen MR) is 68.6 cm³/mol. The van der Waals surface area contributed by atoms with Crippen LogP contribution < -0.4 is 11.1 Å². The van der Waals surface area contributed by atoms with Gasteiger partial charge in [-0.15, -0.1) is 0 Å².